The molecule has 0 heterocycles. The van der Waals surface area contributed by atoms with Gasteiger partial charge in [0.2, 0.25) is 0 Å². The van der Waals surface area contributed by atoms with E-state index in [1.807, 2.05) is 0 Å². The number of hydrogen-bond donors (Lipinski definition) is 3. The first kappa shape index (κ1) is 91.1. The number of ether oxygens (including phenoxy) is 4. The lowest BCUT2D eigenvalue weighted by atomic mass is 10.0. The summed E-state index contributed by atoms with van der Waals surface area (Å²) in [5, 5.41) is 10.6. The summed E-state index contributed by atoms with van der Waals surface area (Å²) < 4.78 is 68.3. The topological polar surface area (TPSA) is 237 Å². The van der Waals surface area contributed by atoms with Gasteiger partial charge in [-0.05, 0) is 25.7 Å². The van der Waals surface area contributed by atoms with E-state index in [-0.39, 0.29) is 25.7 Å². The van der Waals surface area contributed by atoms with Gasteiger partial charge in [-0.25, -0.2) is 9.13 Å². The lowest BCUT2D eigenvalue weighted by molar-refractivity contribution is -0.161. The second kappa shape index (κ2) is 68.6. The Morgan fingerprint density at radius 3 is 0.634 bits per heavy atom. The van der Waals surface area contributed by atoms with Crippen LogP contribution in [-0.2, 0) is 65.4 Å². The van der Waals surface area contributed by atoms with Gasteiger partial charge in [0.15, 0.2) is 12.2 Å². The van der Waals surface area contributed by atoms with Gasteiger partial charge >= 0.3 is 39.5 Å². The zero-order valence-corrected chi connectivity index (χ0v) is 62.0. The van der Waals surface area contributed by atoms with Gasteiger partial charge in [-0.3, -0.25) is 37.3 Å². The highest BCUT2D eigenvalue weighted by Gasteiger charge is 2.30. The van der Waals surface area contributed by atoms with Crippen molar-refractivity contribution in [2.45, 2.75) is 412 Å². The van der Waals surface area contributed by atoms with E-state index in [1.54, 1.807) is 0 Å². The zero-order valence-electron chi connectivity index (χ0n) is 60.2. The number of carbonyl (C=O) groups is 4. The Bertz CT molecular complexity index is 1770. The van der Waals surface area contributed by atoms with E-state index in [0.717, 1.165) is 103 Å². The molecule has 0 bridgehead atoms. The number of unbranched alkanes of at least 4 members (excludes halogenated alkanes) is 49. The third kappa shape index (κ3) is 68.4. The fraction of sp³-hybridized carbons (Fsp3) is 0.946. The van der Waals surface area contributed by atoms with Gasteiger partial charge in [-0.2, -0.15) is 0 Å². The largest absolute Gasteiger partial charge is 0.472 e. The molecule has 3 N–H and O–H groups in total. The number of aliphatic hydroxyl groups is 1. The van der Waals surface area contributed by atoms with Gasteiger partial charge in [0, 0.05) is 25.7 Å². The van der Waals surface area contributed by atoms with Crippen LogP contribution in [0, 0.1) is 0 Å². The maximum atomic E-state index is 13.1. The first-order chi connectivity index (χ1) is 45.2. The molecule has 552 valence electrons. The van der Waals surface area contributed by atoms with E-state index in [1.165, 1.54) is 212 Å². The molecule has 0 aliphatic carbocycles. The fourth-order valence-corrected chi connectivity index (χ4v) is 13.0. The third-order valence-corrected chi connectivity index (χ3v) is 19.3. The molecule has 0 spiro atoms. The van der Waals surface area contributed by atoms with Crippen LogP contribution >= 0.6 is 15.6 Å². The highest BCUT2D eigenvalue weighted by Crippen LogP contribution is 2.45. The average molecular weight is 1370 g/mol. The van der Waals surface area contributed by atoms with Crippen molar-refractivity contribution in [1.82, 2.24) is 0 Å². The number of phosphoric ester groups is 2. The predicted molar refractivity (Wildman–Crippen MR) is 377 cm³/mol. The molecule has 0 fully saturated rings. The van der Waals surface area contributed by atoms with Crippen molar-refractivity contribution in [3.63, 3.8) is 0 Å². The highest BCUT2D eigenvalue weighted by atomic mass is 31.2. The molecule has 0 rings (SSSR count). The lowest BCUT2D eigenvalue weighted by Gasteiger charge is -2.21. The van der Waals surface area contributed by atoms with Crippen LogP contribution in [0.25, 0.3) is 0 Å². The molecule has 5 atom stereocenters. The Labute approximate surface area is 568 Å². The Hall–Kier alpha value is -1.94. The predicted octanol–water partition coefficient (Wildman–Crippen LogP) is 21.8. The minimum atomic E-state index is -4.95. The normalized spacial score (nSPS) is 13.9. The number of phosphoric acid groups is 2. The van der Waals surface area contributed by atoms with Crippen LogP contribution in [0.5, 0.6) is 0 Å². The van der Waals surface area contributed by atoms with Gasteiger partial charge in [-0.1, -0.05) is 342 Å². The summed E-state index contributed by atoms with van der Waals surface area (Å²) in [5.74, 6) is -2.12. The van der Waals surface area contributed by atoms with E-state index in [4.69, 9.17) is 37.0 Å². The molecule has 0 aromatic carbocycles. The summed E-state index contributed by atoms with van der Waals surface area (Å²) in [5.41, 5.74) is 0. The third-order valence-electron chi connectivity index (χ3n) is 17.4. The molecule has 0 aromatic heterocycles. The Balaban J connectivity index is 5.12. The summed E-state index contributed by atoms with van der Waals surface area (Å²) in [6, 6.07) is 0. The molecule has 0 aliphatic heterocycles. The minimum Gasteiger partial charge on any atom is -0.462 e. The highest BCUT2D eigenvalue weighted by molar-refractivity contribution is 7.47. The minimum absolute atomic E-state index is 0.107. The number of carbonyl (C=O) groups excluding carboxylic acids is 4. The number of aliphatic hydroxyl groups excluding tert-OH is 1. The van der Waals surface area contributed by atoms with Gasteiger partial charge in [0.25, 0.3) is 0 Å². The van der Waals surface area contributed by atoms with Crippen LogP contribution in [0.2, 0.25) is 0 Å². The van der Waals surface area contributed by atoms with E-state index in [9.17, 15) is 43.2 Å². The van der Waals surface area contributed by atoms with Crippen LogP contribution in [0.15, 0.2) is 0 Å². The molecule has 19 heteroatoms. The molecule has 0 saturated carbocycles. The first-order valence-electron chi connectivity index (χ1n) is 38.8. The molecule has 0 saturated heterocycles. The summed E-state index contributed by atoms with van der Waals surface area (Å²) in [7, 11) is -9.90. The quantitative estimate of drug-likeness (QED) is 0.0222. The van der Waals surface area contributed by atoms with E-state index >= 15 is 0 Å². The van der Waals surface area contributed by atoms with E-state index in [2.05, 4.69) is 27.7 Å². The number of hydrogen-bond acceptors (Lipinski definition) is 15. The summed E-state index contributed by atoms with van der Waals surface area (Å²) in [6.07, 6.45) is 58.5. The van der Waals surface area contributed by atoms with Crippen molar-refractivity contribution in [2.75, 3.05) is 39.6 Å². The Kier molecular flexibility index (Phi) is 67.1. The summed E-state index contributed by atoms with van der Waals surface area (Å²) >= 11 is 0. The molecule has 0 radical (unpaired) electrons. The Morgan fingerprint density at radius 1 is 0.258 bits per heavy atom. The molecule has 17 nitrogen and oxygen atoms in total. The van der Waals surface area contributed by atoms with Crippen molar-refractivity contribution in [2.24, 2.45) is 0 Å². The van der Waals surface area contributed by atoms with Crippen LogP contribution < -0.4 is 0 Å². The lowest BCUT2D eigenvalue weighted by Crippen LogP contribution is -2.30. The van der Waals surface area contributed by atoms with Crippen molar-refractivity contribution in [3.8, 4) is 0 Å². The summed E-state index contributed by atoms with van der Waals surface area (Å²) in [4.78, 5) is 72.5. The van der Waals surface area contributed by atoms with Crippen LogP contribution in [-0.4, -0.2) is 96.7 Å². The standard InChI is InChI=1S/C74H144O17P2/c1-5-9-13-17-21-24-27-30-31-32-33-34-35-36-37-38-39-42-45-49-53-57-61-74(79)91-70(65-85-72(77)59-55-51-47-43-40-28-25-22-18-14-10-6-2)67-89-93(82,83)87-63-68(75)62-86-92(80,81)88-66-69(64-84-71(76)58-54-50-46-20-16-12-8-4)90-73(78)60-56-52-48-44-41-29-26-23-19-15-11-7-3/h68-70,75H,5-67H2,1-4H3,(H,80,81)(H,82,83)/t68-,69+,70+/m0/s1. The smallest absolute Gasteiger partial charge is 0.462 e. The van der Waals surface area contributed by atoms with Crippen molar-refractivity contribution < 1.29 is 80.2 Å². The fourth-order valence-electron chi connectivity index (χ4n) is 11.4. The van der Waals surface area contributed by atoms with Crippen LogP contribution in [0.1, 0.15) is 394 Å². The van der Waals surface area contributed by atoms with E-state index in [0.29, 0.717) is 25.7 Å². The van der Waals surface area contributed by atoms with Crippen molar-refractivity contribution >= 4 is 39.5 Å². The van der Waals surface area contributed by atoms with Crippen LogP contribution in [0.4, 0.5) is 0 Å². The molecule has 0 amide bonds. The van der Waals surface area contributed by atoms with Gasteiger partial charge < -0.3 is 33.8 Å². The molecule has 0 aliphatic rings. The molecule has 2 unspecified atom stereocenters. The maximum absolute atomic E-state index is 13.1. The van der Waals surface area contributed by atoms with Gasteiger partial charge in [0.1, 0.15) is 19.3 Å². The molecule has 93 heavy (non-hydrogen) atoms. The zero-order chi connectivity index (χ0) is 68.2. The van der Waals surface area contributed by atoms with Gasteiger partial charge in [-0.15, -0.1) is 0 Å². The Morgan fingerprint density at radius 2 is 0.430 bits per heavy atom. The monoisotopic (exact) mass is 1370 g/mol. The van der Waals surface area contributed by atoms with Crippen LogP contribution in [0.3, 0.4) is 0 Å². The summed E-state index contributed by atoms with van der Waals surface area (Å²) in [6.45, 7) is 4.93. The van der Waals surface area contributed by atoms with Crippen molar-refractivity contribution in [1.29, 1.82) is 0 Å². The molecular weight excluding hydrogens is 1220 g/mol. The van der Waals surface area contributed by atoms with Gasteiger partial charge in [0.05, 0.1) is 26.4 Å². The second-order valence-corrected chi connectivity index (χ2v) is 29.6. The average Bonchev–Trinajstić information content (AvgIpc) is 2.95. The molecule has 0 aromatic rings. The van der Waals surface area contributed by atoms with Crippen molar-refractivity contribution in [3.05, 3.63) is 0 Å². The second-order valence-electron chi connectivity index (χ2n) is 26.7. The first-order valence-corrected chi connectivity index (χ1v) is 41.8. The maximum Gasteiger partial charge on any atom is 0.472 e. The number of rotatable bonds is 75. The number of esters is 4. The SMILES string of the molecule is CCCCCCCCCCCCCCCCCCCCCCCCC(=O)O[C@H](COC(=O)CCCCCCCCCCCCCC)COP(=O)(O)OC[C@@H](O)COP(=O)(O)OC[C@@H](COC(=O)CCCCCCCCC)OC(=O)CCCCCCCCCCCCCC. The van der Waals surface area contributed by atoms with E-state index < -0.39 is 97.5 Å². The molecular formula is C74H144O17P2.